The molecule has 1 N–H and O–H groups in total. The lowest BCUT2D eigenvalue weighted by molar-refractivity contribution is -0.144. The number of nitrogens with one attached hydrogen (secondary N) is 1. The van der Waals surface area contributed by atoms with Gasteiger partial charge in [-0.25, -0.2) is 0 Å². The summed E-state index contributed by atoms with van der Waals surface area (Å²) in [5.41, 5.74) is 2.14. The van der Waals surface area contributed by atoms with Crippen LogP contribution >= 0.6 is 0 Å². The zero-order valence-corrected chi connectivity index (χ0v) is 12.5. The van der Waals surface area contributed by atoms with Gasteiger partial charge in [0.05, 0.1) is 12.5 Å². The second-order valence-electron chi connectivity index (χ2n) is 5.26. The number of hydrogen-bond acceptors (Lipinski definition) is 2. The predicted octanol–water partition coefficient (Wildman–Crippen LogP) is 3.06. The Morgan fingerprint density at radius 2 is 1.90 bits per heavy atom. The molecule has 3 nitrogen and oxygen atoms in total. The van der Waals surface area contributed by atoms with Gasteiger partial charge >= 0.3 is 6.18 Å². The highest BCUT2D eigenvalue weighted by Crippen LogP contribution is 2.22. The first-order chi connectivity index (χ1) is 9.70. The number of hydrogen-bond donors (Lipinski definition) is 1. The van der Waals surface area contributed by atoms with Gasteiger partial charge in [-0.3, -0.25) is 4.79 Å². The van der Waals surface area contributed by atoms with E-state index in [-0.39, 0.29) is 12.6 Å². The lowest BCUT2D eigenvalue weighted by Gasteiger charge is -2.26. The Morgan fingerprint density at radius 3 is 2.43 bits per heavy atom. The summed E-state index contributed by atoms with van der Waals surface area (Å²) < 4.78 is 36.2. The van der Waals surface area contributed by atoms with Gasteiger partial charge in [0.15, 0.2) is 0 Å². The predicted molar refractivity (Wildman–Crippen MR) is 75.9 cm³/mol. The van der Waals surface area contributed by atoms with Gasteiger partial charge in [-0.1, -0.05) is 24.3 Å². The molecule has 0 fully saturated rings. The van der Waals surface area contributed by atoms with Crippen LogP contribution < -0.4 is 5.32 Å². The molecule has 6 heteroatoms. The summed E-state index contributed by atoms with van der Waals surface area (Å²) in [5.74, 6) is -0.576. The summed E-state index contributed by atoms with van der Waals surface area (Å²) in [6, 6.07) is 7.69. The molecule has 0 aliphatic rings. The Bertz CT molecular complexity index is 472. The number of halogens is 3. The molecule has 0 aliphatic carbocycles. The van der Waals surface area contributed by atoms with E-state index < -0.39 is 24.9 Å². The highest BCUT2D eigenvalue weighted by atomic mass is 19.4. The Hall–Kier alpha value is -1.56. The molecular formula is C15H21F3N2O. The molecule has 1 rings (SSSR count). The van der Waals surface area contributed by atoms with Gasteiger partial charge in [0, 0.05) is 13.0 Å². The molecule has 1 atom stereocenters. The van der Waals surface area contributed by atoms with Crippen LogP contribution in [0.15, 0.2) is 24.3 Å². The summed E-state index contributed by atoms with van der Waals surface area (Å²) in [6.45, 7) is 2.26. The normalized spacial score (nSPS) is 13.3. The third kappa shape index (κ3) is 6.16. The van der Waals surface area contributed by atoms with Gasteiger partial charge in [0.25, 0.3) is 0 Å². The van der Waals surface area contributed by atoms with Gasteiger partial charge in [-0.15, -0.1) is 0 Å². The summed E-state index contributed by atoms with van der Waals surface area (Å²) >= 11 is 0. The van der Waals surface area contributed by atoms with E-state index in [1.165, 1.54) is 0 Å². The fourth-order valence-corrected chi connectivity index (χ4v) is 2.09. The Morgan fingerprint density at radius 1 is 1.29 bits per heavy atom. The van der Waals surface area contributed by atoms with E-state index >= 15 is 0 Å². The molecule has 1 unspecified atom stereocenters. The fourth-order valence-electron chi connectivity index (χ4n) is 2.09. The standard InChI is InChI=1S/C15H21F3N2O/c1-11-6-4-5-7-12(11)13(20(2)3)10-19-14(21)8-9-15(16,17)18/h4-7,13H,8-10H2,1-3H3,(H,19,21). The van der Waals surface area contributed by atoms with Gasteiger partial charge < -0.3 is 10.2 Å². The number of amides is 1. The summed E-state index contributed by atoms with van der Waals surface area (Å²) in [5, 5.41) is 2.58. The number of carbonyl (C=O) groups is 1. The number of alkyl halides is 3. The van der Waals surface area contributed by atoms with Crippen molar-refractivity contribution in [2.75, 3.05) is 20.6 Å². The first-order valence-electron chi connectivity index (χ1n) is 6.76. The molecule has 0 heterocycles. The van der Waals surface area contributed by atoms with E-state index in [0.29, 0.717) is 0 Å². The smallest absolute Gasteiger partial charge is 0.354 e. The number of rotatable bonds is 6. The van der Waals surface area contributed by atoms with E-state index in [2.05, 4.69) is 5.32 Å². The van der Waals surface area contributed by atoms with Gasteiger partial charge in [0.2, 0.25) is 5.91 Å². The maximum atomic E-state index is 12.1. The lowest BCUT2D eigenvalue weighted by atomic mass is 10.0. The molecule has 118 valence electrons. The quantitative estimate of drug-likeness (QED) is 0.876. The van der Waals surface area contributed by atoms with Gasteiger partial charge in [0.1, 0.15) is 0 Å². The van der Waals surface area contributed by atoms with Crippen molar-refractivity contribution in [1.82, 2.24) is 10.2 Å². The molecule has 0 aromatic heterocycles. The molecule has 0 radical (unpaired) electrons. The molecular weight excluding hydrogens is 281 g/mol. The zero-order valence-electron chi connectivity index (χ0n) is 12.5. The average molecular weight is 302 g/mol. The van der Waals surface area contributed by atoms with Crippen molar-refractivity contribution < 1.29 is 18.0 Å². The van der Waals surface area contributed by atoms with Crippen molar-refractivity contribution in [1.29, 1.82) is 0 Å². The summed E-state index contributed by atoms with van der Waals surface area (Å²) in [7, 11) is 3.75. The lowest BCUT2D eigenvalue weighted by Crippen LogP contribution is -2.35. The van der Waals surface area contributed by atoms with Crippen molar-refractivity contribution in [3.05, 3.63) is 35.4 Å². The van der Waals surface area contributed by atoms with Crippen molar-refractivity contribution in [3.8, 4) is 0 Å². The van der Waals surface area contributed by atoms with Crippen molar-refractivity contribution in [2.24, 2.45) is 0 Å². The highest BCUT2D eigenvalue weighted by molar-refractivity contribution is 5.75. The monoisotopic (exact) mass is 302 g/mol. The second-order valence-corrected chi connectivity index (χ2v) is 5.26. The second kappa shape index (κ2) is 7.45. The number of carbonyl (C=O) groups excluding carboxylic acids is 1. The molecule has 21 heavy (non-hydrogen) atoms. The Balaban J connectivity index is 2.61. The number of likely N-dealkylation sites (N-methyl/N-ethyl adjacent to an activating group) is 1. The molecule has 0 aliphatic heterocycles. The van der Waals surface area contributed by atoms with Crippen LogP contribution in [-0.4, -0.2) is 37.6 Å². The van der Waals surface area contributed by atoms with Crippen molar-refractivity contribution in [3.63, 3.8) is 0 Å². The van der Waals surface area contributed by atoms with Crippen molar-refractivity contribution in [2.45, 2.75) is 32.0 Å². The molecule has 0 spiro atoms. The molecule has 1 aromatic rings. The SMILES string of the molecule is Cc1ccccc1C(CNC(=O)CCC(F)(F)F)N(C)C. The van der Waals surface area contributed by atoms with Crippen LogP contribution in [0.2, 0.25) is 0 Å². The van der Waals surface area contributed by atoms with Crippen molar-refractivity contribution >= 4 is 5.91 Å². The van der Waals surface area contributed by atoms with Crippen LogP contribution in [0.1, 0.15) is 30.0 Å². The van der Waals surface area contributed by atoms with Crippen LogP contribution in [0.4, 0.5) is 13.2 Å². The van der Waals surface area contributed by atoms with E-state index in [1.54, 1.807) is 0 Å². The Labute approximate surface area is 123 Å². The van der Waals surface area contributed by atoms with E-state index in [9.17, 15) is 18.0 Å². The summed E-state index contributed by atoms with van der Waals surface area (Å²) in [6.07, 6.45) is -5.92. The maximum Gasteiger partial charge on any atom is 0.389 e. The molecule has 0 saturated heterocycles. The fraction of sp³-hybridized carbons (Fsp3) is 0.533. The van der Waals surface area contributed by atoms with E-state index in [0.717, 1.165) is 11.1 Å². The summed E-state index contributed by atoms with van der Waals surface area (Å²) in [4.78, 5) is 13.4. The first kappa shape index (κ1) is 17.5. The van der Waals surface area contributed by atoms with Crippen LogP contribution in [0.25, 0.3) is 0 Å². The maximum absolute atomic E-state index is 12.1. The zero-order chi connectivity index (χ0) is 16.0. The molecule has 0 saturated carbocycles. The molecule has 1 aromatic carbocycles. The van der Waals surface area contributed by atoms with Gasteiger partial charge in [-0.2, -0.15) is 13.2 Å². The van der Waals surface area contributed by atoms with E-state index in [4.69, 9.17) is 0 Å². The van der Waals surface area contributed by atoms with E-state index in [1.807, 2.05) is 50.2 Å². The minimum Gasteiger partial charge on any atom is -0.354 e. The van der Waals surface area contributed by atoms with Crippen LogP contribution in [-0.2, 0) is 4.79 Å². The van der Waals surface area contributed by atoms with Crippen LogP contribution in [0, 0.1) is 6.92 Å². The third-order valence-corrected chi connectivity index (χ3v) is 3.30. The Kier molecular flexibility index (Phi) is 6.20. The average Bonchev–Trinajstić information content (AvgIpc) is 2.37. The minimum absolute atomic E-state index is 0.0685. The number of nitrogens with zero attached hydrogens (tertiary/aromatic N) is 1. The highest BCUT2D eigenvalue weighted by Gasteiger charge is 2.28. The minimum atomic E-state index is -4.30. The number of aryl methyl sites for hydroxylation is 1. The largest absolute Gasteiger partial charge is 0.389 e. The van der Waals surface area contributed by atoms with Crippen LogP contribution in [0.3, 0.4) is 0 Å². The van der Waals surface area contributed by atoms with Gasteiger partial charge in [-0.05, 0) is 32.1 Å². The first-order valence-corrected chi connectivity index (χ1v) is 6.76. The topological polar surface area (TPSA) is 32.3 Å². The molecule has 0 bridgehead atoms. The van der Waals surface area contributed by atoms with Crippen LogP contribution in [0.5, 0.6) is 0 Å². The number of benzene rings is 1. The third-order valence-electron chi connectivity index (χ3n) is 3.30. The molecule has 1 amide bonds.